The number of benzene rings is 1. The van der Waals surface area contributed by atoms with E-state index < -0.39 is 0 Å². The predicted molar refractivity (Wildman–Crippen MR) is 73.2 cm³/mol. The third-order valence-corrected chi connectivity index (χ3v) is 3.34. The molecule has 0 atom stereocenters. The number of aromatic nitrogens is 1. The van der Waals surface area contributed by atoms with Crippen molar-refractivity contribution in [3.05, 3.63) is 53.6 Å². The summed E-state index contributed by atoms with van der Waals surface area (Å²) in [5.41, 5.74) is 5.42. The third-order valence-electron chi connectivity index (χ3n) is 3.34. The first-order chi connectivity index (χ1) is 8.86. The van der Waals surface area contributed by atoms with Crippen LogP contribution in [0.4, 0.5) is 11.6 Å². The predicted octanol–water partition coefficient (Wildman–Crippen LogP) is 1.93. The van der Waals surface area contributed by atoms with E-state index in [1.54, 1.807) is 0 Å². The van der Waals surface area contributed by atoms with Crippen molar-refractivity contribution in [2.75, 3.05) is 16.9 Å². The first-order valence-corrected chi connectivity index (χ1v) is 6.12. The van der Waals surface area contributed by atoms with E-state index in [4.69, 9.17) is 5.84 Å². The molecule has 2 aromatic rings. The Bertz CT molecular complexity index is 553. The molecule has 0 saturated carbocycles. The summed E-state index contributed by atoms with van der Waals surface area (Å²) in [6.45, 7) is 1.91. The second-order valence-electron chi connectivity index (χ2n) is 4.47. The Kier molecular flexibility index (Phi) is 2.86. The first-order valence-electron chi connectivity index (χ1n) is 6.12. The van der Waals surface area contributed by atoms with Crippen molar-refractivity contribution in [3.63, 3.8) is 0 Å². The summed E-state index contributed by atoms with van der Waals surface area (Å²) in [6.07, 6.45) is 1.07. The Hall–Kier alpha value is -2.07. The Labute approximate surface area is 106 Å². The molecule has 0 spiro atoms. The van der Waals surface area contributed by atoms with Gasteiger partial charge < -0.3 is 10.3 Å². The molecule has 0 fully saturated rings. The van der Waals surface area contributed by atoms with E-state index in [1.165, 1.54) is 11.1 Å². The number of nitrogen functional groups attached to an aromatic ring is 1. The number of hydrazine groups is 1. The molecule has 4 nitrogen and oxygen atoms in total. The van der Waals surface area contributed by atoms with E-state index in [1.807, 2.05) is 18.2 Å². The quantitative estimate of drug-likeness (QED) is 0.622. The van der Waals surface area contributed by atoms with Crippen molar-refractivity contribution < 1.29 is 0 Å². The molecular formula is C14H16N4. The molecule has 1 aromatic heterocycles. The SMILES string of the molecule is NNc1cccc(N2CCc3ccccc3C2)n1. The lowest BCUT2D eigenvalue weighted by Gasteiger charge is -2.29. The molecule has 18 heavy (non-hydrogen) atoms. The number of fused-ring (bicyclic) bond motifs is 1. The molecule has 4 heteroatoms. The molecule has 3 rings (SSSR count). The van der Waals surface area contributed by atoms with Gasteiger partial charge in [-0.15, -0.1) is 0 Å². The van der Waals surface area contributed by atoms with Crippen molar-refractivity contribution in [1.82, 2.24) is 4.98 Å². The van der Waals surface area contributed by atoms with Gasteiger partial charge in [-0.05, 0) is 29.7 Å². The van der Waals surface area contributed by atoms with Crippen LogP contribution in [0.15, 0.2) is 42.5 Å². The number of anilines is 2. The van der Waals surface area contributed by atoms with Gasteiger partial charge in [0.1, 0.15) is 11.6 Å². The Morgan fingerprint density at radius 2 is 1.89 bits per heavy atom. The lowest BCUT2D eigenvalue weighted by molar-refractivity contribution is 0.721. The first kappa shape index (κ1) is 11.0. The van der Waals surface area contributed by atoms with E-state index in [-0.39, 0.29) is 0 Å². The van der Waals surface area contributed by atoms with Gasteiger partial charge >= 0.3 is 0 Å². The van der Waals surface area contributed by atoms with Crippen LogP contribution in [-0.4, -0.2) is 11.5 Å². The highest BCUT2D eigenvalue weighted by molar-refractivity contribution is 5.49. The maximum absolute atomic E-state index is 5.39. The van der Waals surface area contributed by atoms with Crippen LogP contribution in [0.1, 0.15) is 11.1 Å². The van der Waals surface area contributed by atoms with E-state index >= 15 is 0 Å². The summed E-state index contributed by atoms with van der Waals surface area (Å²) >= 11 is 0. The van der Waals surface area contributed by atoms with Crippen LogP contribution in [0.25, 0.3) is 0 Å². The number of nitrogens with zero attached hydrogens (tertiary/aromatic N) is 2. The minimum atomic E-state index is 0.700. The van der Waals surface area contributed by atoms with Gasteiger partial charge in [0.05, 0.1) is 0 Å². The normalized spacial score (nSPS) is 14.2. The number of hydrogen-bond acceptors (Lipinski definition) is 4. The van der Waals surface area contributed by atoms with E-state index in [0.29, 0.717) is 5.82 Å². The monoisotopic (exact) mass is 240 g/mol. The van der Waals surface area contributed by atoms with Gasteiger partial charge in [-0.1, -0.05) is 30.3 Å². The Balaban J connectivity index is 1.87. The van der Waals surface area contributed by atoms with Crippen LogP contribution in [0.2, 0.25) is 0 Å². The molecule has 1 aliphatic heterocycles. The highest BCUT2D eigenvalue weighted by Crippen LogP contribution is 2.23. The van der Waals surface area contributed by atoms with Crippen LogP contribution in [0.3, 0.4) is 0 Å². The molecule has 3 N–H and O–H groups in total. The summed E-state index contributed by atoms with van der Waals surface area (Å²) in [5, 5.41) is 0. The van der Waals surface area contributed by atoms with Gasteiger partial charge in [0.15, 0.2) is 0 Å². The Morgan fingerprint density at radius 3 is 2.72 bits per heavy atom. The van der Waals surface area contributed by atoms with Crippen LogP contribution < -0.4 is 16.2 Å². The largest absolute Gasteiger partial charge is 0.352 e. The van der Waals surface area contributed by atoms with Crippen LogP contribution in [-0.2, 0) is 13.0 Å². The van der Waals surface area contributed by atoms with E-state index in [0.717, 1.165) is 25.3 Å². The summed E-state index contributed by atoms with van der Waals surface area (Å²) in [6, 6.07) is 14.4. The van der Waals surface area contributed by atoms with Crippen molar-refractivity contribution in [3.8, 4) is 0 Å². The molecule has 92 valence electrons. The fraction of sp³-hybridized carbons (Fsp3) is 0.214. The number of pyridine rings is 1. The summed E-state index contributed by atoms with van der Waals surface area (Å²) in [4.78, 5) is 6.76. The molecule has 0 bridgehead atoms. The smallest absolute Gasteiger partial charge is 0.142 e. The molecule has 0 amide bonds. The molecular weight excluding hydrogens is 224 g/mol. The standard InChI is InChI=1S/C14H16N4/c15-17-13-6-3-7-14(16-13)18-9-8-11-4-1-2-5-12(11)10-18/h1-7H,8-10,15H2,(H,16,17). The van der Waals surface area contributed by atoms with Crippen LogP contribution in [0.5, 0.6) is 0 Å². The minimum absolute atomic E-state index is 0.700. The average Bonchev–Trinajstić information content (AvgIpc) is 2.47. The van der Waals surface area contributed by atoms with Gasteiger partial charge in [-0.3, -0.25) is 0 Å². The molecule has 0 saturated heterocycles. The van der Waals surface area contributed by atoms with Gasteiger partial charge in [0, 0.05) is 13.1 Å². The molecule has 2 heterocycles. The fourth-order valence-electron chi connectivity index (χ4n) is 2.37. The topological polar surface area (TPSA) is 54.2 Å². The maximum Gasteiger partial charge on any atom is 0.142 e. The van der Waals surface area contributed by atoms with E-state index in [2.05, 4.69) is 39.6 Å². The summed E-state index contributed by atoms with van der Waals surface area (Å²) < 4.78 is 0. The van der Waals surface area contributed by atoms with E-state index in [9.17, 15) is 0 Å². The zero-order chi connectivity index (χ0) is 12.4. The minimum Gasteiger partial charge on any atom is -0.352 e. The van der Waals surface area contributed by atoms with Gasteiger partial charge in [-0.25, -0.2) is 10.8 Å². The third kappa shape index (κ3) is 2.02. The van der Waals surface area contributed by atoms with Crippen molar-refractivity contribution in [2.24, 2.45) is 5.84 Å². The molecule has 1 aromatic carbocycles. The average molecular weight is 240 g/mol. The zero-order valence-corrected chi connectivity index (χ0v) is 10.1. The van der Waals surface area contributed by atoms with Crippen molar-refractivity contribution >= 4 is 11.6 Å². The summed E-state index contributed by atoms with van der Waals surface area (Å²) in [7, 11) is 0. The van der Waals surface area contributed by atoms with Crippen molar-refractivity contribution in [1.29, 1.82) is 0 Å². The second kappa shape index (κ2) is 4.66. The number of rotatable bonds is 2. The highest BCUT2D eigenvalue weighted by Gasteiger charge is 2.16. The van der Waals surface area contributed by atoms with Gasteiger partial charge in [-0.2, -0.15) is 0 Å². The molecule has 1 aliphatic rings. The van der Waals surface area contributed by atoms with Gasteiger partial charge in [0.2, 0.25) is 0 Å². The lowest BCUT2D eigenvalue weighted by Crippen LogP contribution is -2.31. The Morgan fingerprint density at radius 1 is 1.06 bits per heavy atom. The number of nitrogens with one attached hydrogen (secondary N) is 1. The summed E-state index contributed by atoms with van der Waals surface area (Å²) in [5.74, 6) is 7.07. The van der Waals surface area contributed by atoms with Crippen LogP contribution in [0, 0.1) is 0 Å². The number of hydrogen-bond donors (Lipinski definition) is 2. The lowest BCUT2D eigenvalue weighted by atomic mass is 10.00. The zero-order valence-electron chi connectivity index (χ0n) is 10.1. The molecule has 0 radical (unpaired) electrons. The van der Waals surface area contributed by atoms with Crippen LogP contribution >= 0.6 is 0 Å². The molecule has 0 unspecified atom stereocenters. The highest BCUT2D eigenvalue weighted by atomic mass is 15.3. The molecule has 0 aliphatic carbocycles. The van der Waals surface area contributed by atoms with Crippen molar-refractivity contribution in [2.45, 2.75) is 13.0 Å². The second-order valence-corrected chi connectivity index (χ2v) is 4.47. The maximum atomic E-state index is 5.39. The number of nitrogens with two attached hydrogens (primary N) is 1. The van der Waals surface area contributed by atoms with Gasteiger partial charge in [0.25, 0.3) is 0 Å². The fourth-order valence-corrected chi connectivity index (χ4v) is 2.37.